The topological polar surface area (TPSA) is 51.2 Å². The Balaban J connectivity index is 2.06. The summed E-state index contributed by atoms with van der Waals surface area (Å²) >= 11 is 0. The van der Waals surface area contributed by atoms with Crippen molar-refractivity contribution in [2.75, 3.05) is 5.32 Å². The Kier molecular flexibility index (Phi) is 4.06. The zero-order valence-corrected chi connectivity index (χ0v) is 10.3. The van der Waals surface area contributed by atoms with Gasteiger partial charge < -0.3 is 10.1 Å². The summed E-state index contributed by atoms with van der Waals surface area (Å²) in [6.07, 6.45) is -4.80. The predicted molar refractivity (Wildman–Crippen MR) is 65.3 cm³/mol. The summed E-state index contributed by atoms with van der Waals surface area (Å²) in [5.74, 6) is -1.84. The highest BCUT2D eigenvalue weighted by atomic mass is 19.4. The van der Waals surface area contributed by atoms with E-state index < -0.39 is 24.0 Å². The molecular weight excluding hydrogens is 292 g/mol. The van der Waals surface area contributed by atoms with Gasteiger partial charge in [-0.05, 0) is 36.4 Å². The van der Waals surface area contributed by atoms with Crippen molar-refractivity contribution in [3.63, 3.8) is 0 Å². The van der Waals surface area contributed by atoms with Gasteiger partial charge in [-0.15, -0.1) is 13.2 Å². The second-order valence-electron chi connectivity index (χ2n) is 3.87. The summed E-state index contributed by atoms with van der Waals surface area (Å²) in [6.45, 7) is 0. The maximum Gasteiger partial charge on any atom is 0.573 e. The molecule has 0 atom stereocenters. The normalized spacial score (nSPS) is 11.0. The number of anilines is 1. The van der Waals surface area contributed by atoms with Crippen molar-refractivity contribution in [2.45, 2.75) is 6.36 Å². The highest BCUT2D eigenvalue weighted by Gasteiger charge is 2.31. The Morgan fingerprint density at radius 3 is 2.33 bits per heavy atom. The molecule has 1 amide bonds. The van der Waals surface area contributed by atoms with Crippen LogP contribution >= 0.6 is 0 Å². The lowest BCUT2D eigenvalue weighted by Gasteiger charge is -2.09. The summed E-state index contributed by atoms with van der Waals surface area (Å²) < 4.78 is 52.5. The molecule has 1 aromatic carbocycles. The van der Waals surface area contributed by atoms with Gasteiger partial charge in [0.1, 0.15) is 11.6 Å². The number of nitrogens with zero attached hydrogens (tertiary/aromatic N) is 1. The van der Waals surface area contributed by atoms with Gasteiger partial charge in [-0.25, -0.2) is 4.98 Å². The molecule has 21 heavy (non-hydrogen) atoms. The molecule has 0 fully saturated rings. The van der Waals surface area contributed by atoms with Gasteiger partial charge in [-0.1, -0.05) is 6.07 Å². The van der Waals surface area contributed by atoms with Crippen LogP contribution < -0.4 is 10.1 Å². The van der Waals surface area contributed by atoms with E-state index in [4.69, 9.17) is 0 Å². The third-order valence-corrected chi connectivity index (χ3v) is 2.31. The van der Waals surface area contributed by atoms with Crippen molar-refractivity contribution in [3.05, 3.63) is 54.0 Å². The van der Waals surface area contributed by atoms with E-state index in [1.54, 1.807) is 0 Å². The van der Waals surface area contributed by atoms with Crippen LogP contribution in [0.15, 0.2) is 42.5 Å². The van der Waals surface area contributed by atoms with E-state index in [0.717, 1.165) is 30.3 Å². The Hall–Kier alpha value is -2.64. The van der Waals surface area contributed by atoms with Gasteiger partial charge in [0.15, 0.2) is 0 Å². The predicted octanol–water partition coefficient (Wildman–Crippen LogP) is 3.37. The van der Waals surface area contributed by atoms with E-state index in [1.165, 1.54) is 12.1 Å². The highest BCUT2D eigenvalue weighted by Crippen LogP contribution is 2.22. The van der Waals surface area contributed by atoms with Crippen molar-refractivity contribution in [2.24, 2.45) is 0 Å². The van der Waals surface area contributed by atoms with Crippen LogP contribution in [0.4, 0.5) is 23.4 Å². The third-order valence-electron chi connectivity index (χ3n) is 2.31. The van der Waals surface area contributed by atoms with Crippen molar-refractivity contribution in [1.82, 2.24) is 4.98 Å². The maximum absolute atomic E-state index is 12.8. The van der Waals surface area contributed by atoms with E-state index in [1.807, 2.05) is 0 Å². The zero-order valence-electron chi connectivity index (χ0n) is 10.3. The summed E-state index contributed by atoms with van der Waals surface area (Å²) in [7, 11) is 0. The Bertz CT molecular complexity index is 641. The molecule has 0 unspecified atom stereocenters. The molecule has 1 N–H and O–H groups in total. The number of hydrogen-bond acceptors (Lipinski definition) is 3. The first-order valence-electron chi connectivity index (χ1n) is 5.63. The lowest BCUT2D eigenvalue weighted by atomic mass is 10.2. The Morgan fingerprint density at radius 1 is 1.10 bits per heavy atom. The van der Waals surface area contributed by atoms with Gasteiger partial charge in [0.05, 0.1) is 0 Å². The van der Waals surface area contributed by atoms with Crippen molar-refractivity contribution >= 4 is 11.7 Å². The first kappa shape index (κ1) is 14.8. The van der Waals surface area contributed by atoms with Gasteiger partial charge in [-0.2, -0.15) is 4.39 Å². The van der Waals surface area contributed by atoms with Crippen molar-refractivity contribution < 1.29 is 27.1 Å². The number of amides is 1. The van der Waals surface area contributed by atoms with Crippen LogP contribution in [-0.2, 0) is 0 Å². The Labute approximate surface area is 116 Å². The summed E-state index contributed by atoms with van der Waals surface area (Å²) in [5.41, 5.74) is 0.0792. The highest BCUT2D eigenvalue weighted by molar-refractivity contribution is 6.03. The summed E-state index contributed by atoms with van der Waals surface area (Å²) in [4.78, 5) is 15.2. The van der Waals surface area contributed by atoms with Crippen LogP contribution in [0.1, 0.15) is 10.4 Å². The fourth-order valence-corrected chi connectivity index (χ4v) is 1.47. The van der Waals surface area contributed by atoms with Gasteiger partial charge >= 0.3 is 6.36 Å². The molecule has 0 saturated carbocycles. The van der Waals surface area contributed by atoms with Gasteiger partial charge in [0, 0.05) is 5.56 Å². The number of halogens is 4. The SMILES string of the molecule is O=C(Nc1cccc(F)n1)c1ccc(OC(F)(F)F)cc1. The molecule has 1 aromatic heterocycles. The molecular formula is C13H8F4N2O2. The molecule has 0 spiro atoms. The number of carbonyl (C=O) groups excluding carboxylic acids is 1. The molecule has 4 nitrogen and oxygen atoms in total. The van der Waals surface area contributed by atoms with Crippen LogP contribution in [0.2, 0.25) is 0 Å². The first-order chi connectivity index (χ1) is 9.83. The van der Waals surface area contributed by atoms with Crippen LogP contribution in [0.5, 0.6) is 5.75 Å². The quantitative estimate of drug-likeness (QED) is 0.698. The molecule has 0 bridgehead atoms. The largest absolute Gasteiger partial charge is 0.573 e. The standard InChI is InChI=1S/C13H8F4N2O2/c14-10-2-1-3-11(18-10)19-12(20)8-4-6-9(7-5-8)21-13(15,16)17/h1-7H,(H,18,19,20). The second kappa shape index (κ2) is 5.78. The number of carbonyl (C=O) groups is 1. The van der Waals surface area contributed by atoms with Crippen molar-refractivity contribution in [1.29, 1.82) is 0 Å². The minimum Gasteiger partial charge on any atom is -0.406 e. The van der Waals surface area contributed by atoms with Crippen LogP contribution in [0, 0.1) is 5.95 Å². The van der Waals surface area contributed by atoms with E-state index in [2.05, 4.69) is 15.0 Å². The number of pyridine rings is 1. The molecule has 0 radical (unpaired) electrons. The number of rotatable bonds is 3. The van der Waals surface area contributed by atoms with E-state index >= 15 is 0 Å². The molecule has 2 rings (SSSR count). The minimum absolute atomic E-state index is 0.00406. The van der Waals surface area contributed by atoms with Crippen molar-refractivity contribution in [3.8, 4) is 5.75 Å². The number of benzene rings is 1. The minimum atomic E-state index is -4.80. The van der Waals surface area contributed by atoms with Crippen LogP contribution in [-0.4, -0.2) is 17.3 Å². The third kappa shape index (κ3) is 4.44. The molecule has 1 heterocycles. The molecule has 0 saturated heterocycles. The van der Waals surface area contributed by atoms with E-state index in [-0.39, 0.29) is 11.4 Å². The number of alkyl halides is 3. The molecule has 8 heteroatoms. The Morgan fingerprint density at radius 2 is 1.76 bits per heavy atom. The number of aromatic nitrogens is 1. The second-order valence-corrected chi connectivity index (χ2v) is 3.87. The number of hydrogen-bond donors (Lipinski definition) is 1. The molecule has 110 valence electrons. The number of nitrogens with one attached hydrogen (secondary N) is 1. The molecule has 0 aliphatic heterocycles. The van der Waals surface area contributed by atoms with Gasteiger partial charge in [0.25, 0.3) is 5.91 Å². The fourth-order valence-electron chi connectivity index (χ4n) is 1.47. The molecule has 2 aromatic rings. The number of ether oxygens (including phenoxy) is 1. The van der Waals surface area contributed by atoms with E-state index in [0.29, 0.717) is 0 Å². The fraction of sp³-hybridized carbons (Fsp3) is 0.0769. The first-order valence-corrected chi connectivity index (χ1v) is 5.63. The van der Waals surface area contributed by atoms with Crippen LogP contribution in [0.25, 0.3) is 0 Å². The lowest BCUT2D eigenvalue weighted by molar-refractivity contribution is -0.274. The zero-order chi connectivity index (χ0) is 15.5. The molecule has 0 aliphatic carbocycles. The lowest BCUT2D eigenvalue weighted by Crippen LogP contribution is -2.17. The molecule has 0 aliphatic rings. The van der Waals surface area contributed by atoms with Crippen LogP contribution in [0.3, 0.4) is 0 Å². The average Bonchev–Trinajstić information content (AvgIpc) is 2.37. The van der Waals surface area contributed by atoms with Gasteiger partial charge in [0.2, 0.25) is 5.95 Å². The average molecular weight is 300 g/mol. The smallest absolute Gasteiger partial charge is 0.406 e. The summed E-state index contributed by atoms with van der Waals surface area (Å²) in [5, 5.41) is 2.31. The van der Waals surface area contributed by atoms with Gasteiger partial charge in [-0.3, -0.25) is 4.79 Å². The van der Waals surface area contributed by atoms with E-state index in [9.17, 15) is 22.4 Å². The summed E-state index contributed by atoms with van der Waals surface area (Å²) in [6, 6.07) is 8.15. The maximum atomic E-state index is 12.8. The monoisotopic (exact) mass is 300 g/mol.